The zero-order valence-corrected chi connectivity index (χ0v) is 18.8. The van der Waals surface area contributed by atoms with Gasteiger partial charge in [-0.1, -0.05) is 26.8 Å². The predicted molar refractivity (Wildman–Crippen MR) is 117 cm³/mol. The largest absolute Gasteiger partial charge is 0.495 e. The van der Waals surface area contributed by atoms with Gasteiger partial charge in [0.1, 0.15) is 5.75 Å². The summed E-state index contributed by atoms with van der Waals surface area (Å²) < 4.78 is 6.57. The fourth-order valence-corrected chi connectivity index (χ4v) is 6.63. The summed E-state index contributed by atoms with van der Waals surface area (Å²) >= 11 is 2.30. The lowest BCUT2D eigenvalue weighted by Crippen LogP contribution is -2.55. The van der Waals surface area contributed by atoms with Crippen molar-refractivity contribution in [1.29, 1.82) is 0 Å². The van der Waals surface area contributed by atoms with Crippen LogP contribution in [-0.2, 0) is 4.79 Å². The Bertz CT molecular complexity index is 799. The van der Waals surface area contributed by atoms with E-state index in [2.05, 4.69) is 53.6 Å². The lowest BCUT2D eigenvalue weighted by atomic mass is 9.67. The van der Waals surface area contributed by atoms with Gasteiger partial charge in [-0.15, -0.1) is 0 Å². The molecule has 3 atom stereocenters. The second-order valence-corrected chi connectivity index (χ2v) is 10.4. The molecule has 2 saturated carbocycles. The van der Waals surface area contributed by atoms with Gasteiger partial charge in [0.2, 0.25) is 5.91 Å². The summed E-state index contributed by atoms with van der Waals surface area (Å²) in [5.41, 5.74) is 2.41. The molecule has 146 valence electrons. The summed E-state index contributed by atoms with van der Waals surface area (Å²) in [5.74, 6) is 1.71. The van der Waals surface area contributed by atoms with E-state index in [1.807, 2.05) is 18.2 Å². The lowest BCUT2D eigenvalue weighted by molar-refractivity contribution is -0.135. The van der Waals surface area contributed by atoms with Crippen LogP contribution < -0.4 is 10.1 Å². The number of rotatable bonds is 4. The first-order valence-electron chi connectivity index (χ1n) is 9.87. The number of hydrogen-bond acceptors (Lipinski definition) is 3. The van der Waals surface area contributed by atoms with Crippen LogP contribution in [0.3, 0.4) is 0 Å². The van der Waals surface area contributed by atoms with E-state index in [0.29, 0.717) is 6.04 Å². The average Bonchev–Trinajstić information content (AvgIpc) is 3.09. The SMILES string of the molecule is COc1cccc(I)c1NC1=CC(=O)N(C2C3(C)CCC(C3)C2(C)C)CC1. The second kappa shape index (κ2) is 6.68. The normalized spacial score (nSPS) is 31.8. The minimum absolute atomic E-state index is 0.153. The van der Waals surface area contributed by atoms with Crippen LogP contribution in [0, 0.1) is 20.3 Å². The topological polar surface area (TPSA) is 41.6 Å². The van der Waals surface area contributed by atoms with Gasteiger partial charge in [0, 0.05) is 34.4 Å². The summed E-state index contributed by atoms with van der Waals surface area (Å²) in [6.07, 6.45) is 6.49. The first-order chi connectivity index (χ1) is 12.8. The van der Waals surface area contributed by atoms with Crippen molar-refractivity contribution >= 4 is 34.2 Å². The number of nitrogens with zero attached hydrogens (tertiary/aromatic N) is 1. The standard InChI is InChI=1S/C22H29IN2O2/c1-21(2)14-8-10-22(3,13-14)20(21)25-11-9-15(12-18(25)26)24-19-16(23)6-5-7-17(19)27-4/h5-7,12,14,20,24H,8-11,13H2,1-4H3. The maximum atomic E-state index is 13.1. The Labute approximate surface area is 175 Å². The highest BCUT2D eigenvalue weighted by atomic mass is 127. The van der Waals surface area contributed by atoms with E-state index in [4.69, 9.17) is 4.74 Å². The third-order valence-corrected chi connectivity index (χ3v) is 8.09. The zero-order chi connectivity index (χ0) is 19.4. The number of methoxy groups -OCH3 is 1. The summed E-state index contributed by atoms with van der Waals surface area (Å²) in [6.45, 7) is 7.93. The summed E-state index contributed by atoms with van der Waals surface area (Å²) in [6, 6.07) is 6.31. The van der Waals surface area contributed by atoms with E-state index >= 15 is 0 Å². The average molecular weight is 480 g/mol. The van der Waals surface area contributed by atoms with Crippen molar-refractivity contribution in [1.82, 2.24) is 4.90 Å². The van der Waals surface area contributed by atoms with Crippen molar-refractivity contribution < 1.29 is 9.53 Å². The molecule has 2 fully saturated rings. The molecule has 4 nitrogen and oxygen atoms in total. The molecular formula is C22H29IN2O2. The molecular weight excluding hydrogens is 451 g/mol. The van der Waals surface area contributed by atoms with Crippen molar-refractivity contribution in [3.8, 4) is 5.75 Å². The third-order valence-electron chi connectivity index (χ3n) is 7.19. The molecule has 1 aromatic carbocycles. The highest BCUT2D eigenvalue weighted by molar-refractivity contribution is 14.1. The number of halogens is 1. The number of para-hydroxylation sites is 1. The van der Waals surface area contributed by atoms with E-state index in [0.717, 1.165) is 39.6 Å². The Hall–Kier alpha value is -1.24. The minimum atomic E-state index is 0.153. The number of hydrogen-bond donors (Lipinski definition) is 1. The van der Waals surface area contributed by atoms with Gasteiger partial charge in [-0.3, -0.25) is 4.79 Å². The smallest absolute Gasteiger partial charge is 0.248 e. The highest BCUT2D eigenvalue weighted by Gasteiger charge is 2.61. The van der Waals surface area contributed by atoms with Gasteiger partial charge >= 0.3 is 0 Å². The van der Waals surface area contributed by atoms with Crippen LogP contribution in [0.5, 0.6) is 5.75 Å². The lowest BCUT2D eigenvalue weighted by Gasteiger charge is -2.49. The summed E-state index contributed by atoms with van der Waals surface area (Å²) in [5, 5.41) is 3.46. The minimum Gasteiger partial charge on any atom is -0.495 e. The monoisotopic (exact) mass is 480 g/mol. The van der Waals surface area contributed by atoms with Crippen LogP contribution in [0.4, 0.5) is 5.69 Å². The van der Waals surface area contributed by atoms with Crippen LogP contribution in [0.1, 0.15) is 46.5 Å². The van der Waals surface area contributed by atoms with Crippen molar-refractivity contribution in [2.45, 2.75) is 52.5 Å². The van der Waals surface area contributed by atoms with Crippen LogP contribution in [0.15, 0.2) is 30.0 Å². The molecule has 2 bridgehead atoms. The first-order valence-corrected chi connectivity index (χ1v) is 10.9. The maximum absolute atomic E-state index is 13.1. The molecule has 1 heterocycles. The van der Waals surface area contributed by atoms with E-state index in [-0.39, 0.29) is 16.7 Å². The van der Waals surface area contributed by atoms with Gasteiger partial charge in [0.25, 0.3) is 0 Å². The summed E-state index contributed by atoms with van der Waals surface area (Å²) in [7, 11) is 1.68. The number of fused-ring (bicyclic) bond motifs is 2. The molecule has 5 heteroatoms. The molecule has 1 aromatic rings. The van der Waals surface area contributed by atoms with E-state index in [1.165, 1.54) is 19.3 Å². The number of anilines is 1. The van der Waals surface area contributed by atoms with Crippen molar-refractivity contribution in [3.05, 3.63) is 33.5 Å². The van der Waals surface area contributed by atoms with E-state index in [1.54, 1.807) is 13.2 Å². The van der Waals surface area contributed by atoms with Gasteiger partial charge < -0.3 is 15.0 Å². The fraction of sp³-hybridized carbons (Fsp3) is 0.591. The third kappa shape index (κ3) is 3.06. The van der Waals surface area contributed by atoms with Crippen molar-refractivity contribution in [3.63, 3.8) is 0 Å². The Balaban J connectivity index is 1.56. The number of ether oxygens (including phenoxy) is 1. The number of benzene rings is 1. The predicted octanol–water partition coefficient (Wildman–Crippen LogP) is 5.04. The molecule has 3 unspecified atom stereocenters. The van der Waals surface area contributed by atoms with Gasteiger partial charge in [-0.2, -0.15) is 0 Å². The maximum Gasteiger partial charge on any atom is 0.248 e. The molecule has 3 aliphatic rings. The van der Waals surface area contributed by atoms with Crippen LogP contribution >= 0.6 is 22.6 Å². The Kier molecular flexibility index (Phi) is 4.72. The molecule has 1 amide bonds. The quantitative estimate of drug-likeness (QED) is 0.614. The van der Waals surface area contributed by atoms with Crippen molar-refractivity contribution in [2.24, 2.45) is 16.7 Å². The van der Waals surface area contributed by atoms with E-state index in [9.17, 15) is 4.79 Å². The molecule has 0 spiro atoms. The Morgan fingerprint density at radius 2 is 2.07 bits per heavy atom. The van der Waals surface area contributed by atoms with Crippen LogP contribution in [0.2, 0.25) is 0 Å². The molecule has 27 heavy (non-hydrogen) atoms. The number of carbonyl (C=O) groups is 1. The molecule has 0 radical (unpaired) electrons. The highest BCUT2D eigenvalue weighted by Crippen LogP contribution is 2.64. The molecule has 1 aliphatic heterocycles. The molecule has 1 N–H and O–H groups in total. The summed E-state index contributed by atoms with van der Waals surface area (Å²) in [4.78, 5) is 15.3. The first kappa shape index (κ1) is 19.1. The number of nitrogens with one attached hydrogen (secondary N) is 1. The molecule has 2 aliphatic carbocycles. The van der Waals surface area contributed by atoms with Gasteiger partial charge in [-0.05, 0) is 70.7 Å². The fourth-order valence-electron chi connectivity index (χ4n) is 6.02. The number of carbonyl (C=O) groups excluding carboxylic acids is 1. The Morgan fingerprint density at radius 3 is 2.70 bits per heavy atom. The molecule has 0 aromatic heterocycles. The zero-order valence-electron chi connectivity index (χ0n) is 16.6. The van der Waals surface area contributed by atoms with Crippen LogP contribution in [0.25, 0.3) is 0 Å². The Morgan fingerprint density at radius 1 is 1.30 bits per heavy atom. The van der Waals surface area contributed by atoms with Gasteiger partial charge in [0.15, 0.2) is 0 Å². The number of amides is 1. The van der Waals surface area contributed by atoms with Gasteiger partial charge in [-0.25, -0.2) is 0 Å². The van der Waals surface area contributed by atoms with E-state index < -0.39 is 0 Å². The second-order valence-electron chi connectivity index (χ2n) is 9.21. The van der Waals surface area contributed by atoms with Crippen LogP contribution in [-0.4, -0.2) is 30.5 Å². The van der Waals surface area contributed by atoms with Gasteiger partial charge in [0.05, 0.1) is 12.8 Å². The van der Waals surface area contributed by atoms with Crippen molar-refractivity contribution in [2.75, 3.05) is 19.0 Å². The molecule has 4 rings (SSSR count). The molecule has 0 saturated heterocycles.